The van der Waals surface area contributed by atoms with Gasteiger partial charge in [-0.25, -0.2) is 0 Å². The maximum absolute atomic E-state index is 4.76. The molecule has 2 aromatic rings. The van der Waals surface area contributed by atoms with Gasteiger partial charge in [0, 0.05) is 0 Å². The van der Waals surface area contributed by atoms with Crippen LogP contribution in [0.5, 0.6) is 0 Å². The minimum absolute atomic E-state index is 0.194. The van der Waals surface area contributed by atoms with Crippen molar-refractivity contribution in [3.05, 3.63) is 71.8 Å². The first kappa shape index (κ1) is 17.3. The van der Waals surface area contributed by atoms with Gasteiger partial charge >= 0.3 is 124 Å². The van der Waals surface area contributed by atoms with Crippen LogP contribution in [0.4, 0.5) is 0 Å². The van der Waals surface area contributed by atoms with Gasteiger partial charge in [-0.05, 0) is 0 Å². The van der Waals surface area contributed by atoms with Crippen LogP contribution in [-0.2, 0) is 24.1 Å². The summed E-state index contributed by atoms with van der Waals surface area (Å²) in [6.07, 6.45) is 1.29. The summed E-state index contributed by atoms with van der Waals surface area (Å²) in [6, 6.07) is 21.7. The van der Waals surface area contributed by atoms with Crippen LogP contribution in [0.3, 0.4) is 0 Å². The van der Waals surface area contributed by atoms with Crippen LogP contribution in [0.25, 0.3) is 11.1 Å². The summed E-state index contributed by atoms with van der Waals surface area (Å²) in [4.78, 5) is -0.257. The summed E-state index contributed by atoms with van der Waals surface area (Å²) in [5.74, 6) is 2.54. The van der Waals surface area contributed by atoms with E-state index in [9.17, 15) is 0 Å². The molecule has 21 heavy (non-hydrogen) atoms. The molecule has 0 aliphatic carbocycles. The summed E-state index contributed by atoms with van der Waals surface area (Å²) < 4.78 is 0. The number of hydrogen-bond donors (Lipinski definition) is 0. The Bertz CT molecular complexity index is 636. The van der Waals surface area contributed by atoms with Crippen LogP contribution in [0.15, 0.2) is 60.7 Å². The van der Waals surface area contributed by atoms with Crippen LogP contribution in [0, 0.1) is 0 Å². The topological polar surface area (TPSA) is 0 Å². The van der Waals surface area contributed by atoms with E-state index in [0.717, 1.165) is 0 Å². The molecule has 3 rings (SSSR count). The van der Waals surface area contributed by atoms with Gasteiger partial charge in [-0.3, -0.25) is 0 Å². The maximum atomic E-state index is 4.76. The third-order valence-corrected chi connectivity index (χ3v) is 6.96. The first-order chi connectivity index (χ1) is 10.3. The van der Waals surface area contributed by atoms with Crippen molar-refractivity contribution in [2.75, 3.05) is 11.5 Å². The molecular weight excluding hydrogens is 397 g/mol. The van der Waals surface area contributed by atoms with Crippen LogP contribution in [0.1, 0.15) is 11.1 Å². The van der Waals surface area contributed by atoms with Gasteiger partial charge in [0.1, 0.15) is 0 Å². The molecule has 1 aliphatic heterocycles. The molecule has 1 unspecified atom stereocenters. The van der Waals surface area contributed by atoms with Gasteiger partial charge in [-0.1, -0.05) is 0 Å². The van der Waals surface area contributed by atoms with Crippen molar-refractivity contribution in [1.82, 2.24) is 0 Å². The number of halogens is 2. The SMILES string of the molecule is ClCCl.[Zr][PH]1=CC(c2ccccc2)=C(c2ccccc2)C1. The van der Waals surface area contributed by atoms with E-state index in [1.165, 1.54) is 22.9 Å². The zero-order chi connectivity index (χ0) is 15.1. The summed E-state index contributed by atoms with van der Waals surface area (Å²) in [6.45, 7) is 0. The molecule has 0 radical (unpaired) electrons. The average molecular weight is 413 g/mol. The Labute approximate surface area is 151 Å². The quantitative estimate of drug-likeness (QED) is 0.450. The summed E-state index contributed by atoms with van der Waals surface area (Å²) in [5.41, 5.74) is 5.80. The molecule has 0 spiro atoms. The zero-order valence-electron chi connectivity index (χ0n) is 11.5. The number of rotatable bonds is 2. The van der Waals surface area contributed by atoms with Gasteiger partial charge in [0.2, 0.25) is 0 Å². The molecule has 4 heteroatoms. The Morgan fingerprint density at radius 1 is 0.857 bits per heavy atom. The molecular formula is C17H16Cl2PZr. The summed E-state index contributed by atoms with van der Waals surface area (Å²) >= 11 is 11.2. The molecule has 0 amide bonds. The van der Waals surface area contributed by atoms with E-state index in [4.69, 9.17) is 23.2 Å². The van der Waals surface area contributed by atoms with Crippen molar-refractivity contribution in [3.8, 4) is 0 Å². The third kappa shape index (κ3) is 4.97. The fraction of sp³-hybridized carbons (Fsp3) is 0.118. The van der Waals surface area contributed by atoms with E-state index in [1.807, 2.05) is 0 Å². The predicted molar refractivity (Wildman–Crippen MR) is 95.5 cm³/mol. The van der Waals surface area contributed by atoms with Crippen molar-refractivity contribution < 1.29 is 24.1 Å². The van der Waals surface area contributed by atoms with Gasteiger partial charge < -0.3 is 0 Å². The Hall–Kier alpha value is -0.0569. The number of hydrogen-bond acceptors (Lipinski definition) is 0. The Kier molecular flexibility index (Phi) is 7.55. The molecule has 2 aromatic carbocycles. The molecule has 0 nitrogen and oxygen atoms in total. The van der Waals surface area contributed by atoms with E-state index >= 15 is 0 Å². The molecule has 1 atom stereocenters. The molecule has 0 bridgehead atoms. The van der Waals surface area contributed by atoms with E-state index in [0.29, 0.717) is 0 Å². The van der Waals surface area contributed by atoms with E-state index < -0.39 is 0 Å². The van der Waals surface area contributed by atoms with Crippen molar-refractivity contribution in [1.29, 1.82) is 0 Å². The molecule has 0 aromatic heterocycles. The van der Waals surface area contributed by atoms with Gasteiger partial charge in [0.05, 0.1) is 5.34 Å². The van der Waals surface area contributed by atoms with E-state index in [2.05, 4.69) is 66.5 Å². The van der Waals surface area contributed by atoms with Gasteiger partial charge in [0.25, 0.3) is 0 Å². The molecule has 0 saturated heterocycles. The van der Waals surface area contributed by atoms with Crippen molar-refractivity contribution in [3.63, 3.8) is 0 Å². The average Bonchev–Trinajstić information content (AvgIpc) is 2.92. The molecule has 1 heterocycles. The zero-order valence-corrected chi connectivity index (χ0v) is 16.5. The van der Waals surface area contributed by atoms with Crippen molar-refractivity contribution >= 4 is 45.0 Å². The Balaban J connectivity index is 0.000000497. The normalized spacial score (nSPS) is 16.9. The predicted octanol–water partition coefficient (Wildman–Crippen LogP) is 5.51. The fourth-order valence-electron chi connectivity index (χ4n) is 2.37. The molecule has 0 fully saturated rings. The standard InChI is InChI=1S/C16H13P.CH2Cl2.Zr/c1-3-7-13(8-4-1)15-11-17-12-16(15)14-9-5-2-6-10-14;2-1-3;/h1-11H,12H2;1H2;/q;;-1/p+1. The minimum atomic E-state index is -0.257. The van der Waals surface area contributed by atoms with Gasteiger partial charge in [0.15, 0.2) is 0 Å². The third-order valence-electron chi connectivity index (χ3n) is 3.22. The second-order valence-corrected chi connectivity index (χ2v) is 11.8. The van der Waals surface area contributed by atoms with Gasteiger partial charge in [-0.2, -0.15) is 0 Å². The first-order valence-electron chi connectivity index (χ1n) is 6.64. The van der Waals surface area contributed by atoms with Gasteiger partial charge in [-0.15, -0.1) is 23.2 Å². The van der Waals surface area contributed by atoms with Crippen LogP contribution < -0.4 is 0 Å². The molecule has 1 aliphatic rings. The van der Waals surface area contributed by atoms with Crippen molar-refractivity contribution in [2.24, 2.45) is 0 Å². The van der Waals surface area contributed by atoms with Crippen molar-refractivity contribution in [2.45, 2.75) is 0 Å². The van der Waals surface area contributed by atoms with E-state index in [-0.39, 0.29) is 10.2 Å². The van der Waals surface area contributed by atoms with E-state index in [1.54, 1.807) is 29.7 Å². The van der Waals surface area contributed by atoms with Crippen LogP contribution >= 0.6 is 28.0 Å². The number of allylic oxidation sites excluding steroid dienone is 2. The summed E-state index contributed by atoms with van der Waals surface area (Å²) in [7, 11) is 0. The van der Waals surface area contributed by atoms with Crippen LogP contribution in [0.2, 0.25) is 0 Å². The summed E-state index contributed by atoms with van der Waals surface area (Å²) in [5, 5.41) is 0.194. The molecule has 107 valence electrons. The Morgan fingerprint density at radius 2 is 1.33 bits per heavy atom. The number of alkyl halides is 2. The first-order valence-corrected chi connectivity index (χ1v) is 13.2. The second kappa shape index (κ2) is 9.17. The molecule has 0 saturated carbocycles. The Morgan fingerprint density at radius 3 is 1.86 bits per heavy atom. The second-order valence-electron chi connectivity index (χ2n) is 4.57. The van der Waals surface area contributed by atoms with Crippen LogP contribution in [-0.4, -0.2) is 17.3 Å². The molecule has 0 N–H and O–H groups in total. The fourth-order valence-corrected chi connectivity index (χ4v) is 6.31. The monoisotopic (exact) mass is 411 g/mol. The number of benzene rings is 2.